The number of fused-ring (bicyclic) bond motifs is 1. The predicted octanol–water partition coefficient (Wildman–Crippen LogP) is 0.885. The van der Waals surface area contributed by atoms with E-state index in [1.165, 1.54) is 29.2 Å². The number of hydrogen-bond acceptors (Lipinski definition) is 4. The molecule has 0 saturated carbocycles. The second-order valence-electron chi connectivity index (χ2n) is 6.48. The first-order valence-corrected chi connectivity index (χ1v) is 9.94. The number of carbonyl (C=O) groups is 2. The largest absolute Gasteiger partial charge is 0.357 e. The van der Waals surface area contributed by atoms with Gasteiger partial charge in [-0.2, -0.15) is 4.31 Å². The minimum atomic E-state index is -3.54. The summed E-state index contributed by atoms with van der Waals surface area (Å²) >= 11 is 0. The van der Waals surface area contributed by atoms with Crippen LogP contribution in [-0.4, -0.2) is 50.7 Å². The second-order valence-corrected chi connectivity index (χ2v) is 8.42. The number of sulfonamides is 1. The molecule has 1 unspecified atom stereocenters. The summed E-state index contributed by atoms with van der Waals surface area (Å²) in [5.41, 5.74) is 1.32. The Morgan fingerprint density at radius 1 is 1.16 bits per heavy atom. The Kier molecular flexibility index (Phi) is 4.83. The summed E-state index contributed by atoms with van der Waals surface area (Å²) in [5.74, 6) is -0.495. The number of nitrogens with one attached hydrogen (secondary N) is 1. The van der Waals surface area contributed by atoms with Crippen molar-refractivity contribution in [2.45, 2.75) is 43.5 Å². The molecule has 1 aromatic rings. The van der Waals surface area contributed by atoms with Gasteiger partial charge in [0.15, 0.2) is 0 Å². The van der Waals surface area contributed by atoms with Crippen LogP contribution in [0, 0.1) is 0 Å². The lowest BCUT2D eigenvalue weighted by molar-refractivity contribution is -0.125. The van der Waals surface area contributed by atoms with Crippen LogP contribution < -0.4 is 10.2 Å². The lowest BCUT2D eigenvalue weighted by atomic mass is 10.1. The van der Waals surface area contributed by atoms with Crippen molar-refractivity contribution in [3.8, 4) is 0 Å². The summed E-state index contributed by atoms with van der Waals surface area (Å²) in [7, 11) is -2.01. The smallest absolute Gasteiger partial charge is 0.243 e. The number of carbonyl (C=O) groups excluding carboxylic acids is 2. The average molecular weight is 365 g/mol. The van der Waals surface area contributed by atoms with Crippen molar-refractivity contribution in [1.82, 2.24) is 9.62 Å². The molecular formula is C17H23N3O4S. The molecule has 8 heteroatoms. The summed E-state index contributed by atoms with van der Waals surface area (Å²) in [6.45, 7) is 2.49. The fourth-order valence-electron chi connectivity index (χ4n) is 3.61. The zero-order valence-electron chi connectivity index (χ0n) is 14.5. The third-order valence-corrected chi connectivity index (χ3v) is 6.77. The van der Waals surface area contributed by atoms with Crippen LogP contribution in [0.4, 0.5) is 5.69 Å². The zero-order valence-corrected chi connectivity index (χ0v) is 15.3. The van der Waals surface area contributed by atoms with Gasteiger partial charge in [0.2, 0.25) is 21.8 Å². The number of likely N-dealkylation sites (N-methyl/N-ethyl adjacent to an activating group) is 1. The van der Waals surface area contributed by atoms with Crippen molar-refractivity contribution in [1.29, 1.82) is 0 Å². The monoisotopic (exact) mass is 365 g/mol. The van der Waals surface area contributed by atoms with Crippen LogP contribution in [0.5, 0.6) is 0 Å². The SMILES string of the molecule is CNC(=O)C1Cc2cc(S(=O)(=O)N3CCCCC3)ccc2N1C(C)=O. The van der Waals surface area contributed by atoms with E-state index < -0.39 is 16.1 Å². The maximum Gasteiger partial charge on any atom is 0.243 e. The number of rotatable bonds is 3. The highest BCUT2D eigenvalue weighted by Crippen LogP contribution is 2.35. The first-order chi connectivity index (χ1) is 11.9. The molecule has 0 bridgehead atoms. The summed E-state index contributed by atoms with van der Waals surface area (Å²) in [5, 5.41) is 2.56. The summed E-state index contributed by atoms with van der Waals surface area (Å²) < 4.78 is 27.2. The molecule has 2 amide bonds. The van der Waals surface area contributed by atoms with Gasteiger partial charge in [-0.1, -0.05) is 6.42 Å². The van der Waals surface area contributed by atoms with Gasteiger partial charge in [-0.05, 0) is 36.6 Å². The van der Waals surface area contributed by atoms with Crippen molar-refractivity contribution < 1.29 is 18.0 Å². The molecule has 1 fully saturated rings. The quantitative estimate of drug-likeness (QED) is 0.862. The molecule has 2 heterocycles. The van der Waals surface area contributed by atoms with Gasteiger partial charge < -0.3 is 5.32 Å². The fraction of sp³-hybridized carbons (Fsp3) is 0.529. The Hall–Kier alpha value is -1.93. The van der Waals surface area contributed by atoms with E-state index in [9.17, 15) is 18.0 Å². The van der Waals surface area contributed by atoms with Crippen molar-refractivity contribution >= 4 is 27.5 Å². The molecule has 1 aromatic carbocycles. The third kappa shape index (κ3) is 3.16. The van der Waals surface area contributed by atoms with Gasteiger partial charge in [-0.15, -0.1) is 0 Å². The van der Waals surface area contributed by atoms with Crippen LogP contribution in [0.2, 0.25) is 0 Å². The van der Waals surface area contributed by atoms with E-state index in [2.05, 4.69) is 5.32 Å². The molecule has 1 atom stereocenters. The minimum Gasteiger partial charge on any atom is -0.357 e. The van der Waals surface area contributed by atoms with Crippen molar-refractivity contribution in [2.75, 3.05) is 25.0 Å². The average Bonchev–Trinajstić information content (AvgIpc) is 3.00. The molecular weight excluding hydrogens is 342 g/mol. The van der Waals surface area contributed by atoms with Gasteiger partial charge in [-0.3, -0.25) is 14.5 Å². The first-order valence-electron chi connectivity index (χ1n) is 8.50. The van der Waals surface area contributed by atoms with Gasteiger partial charge in [0.1, 0.15) is 6.04 Å². The van der Waals surface area contributed by atoms with E-state index in [1.807, 2.05) is 0 Å². The molecule has 7 nitrogen and oxygen atoms in total. The molecule has 1 N–H and O–H groups in total. The predicted molar refractivity (Wildman–Crippen MR) is 93.8 cm³/mol. The zero-order chi connectivity index (χ0) is 18.2. The number of piperidine rings is 1. The Morgan fingerprint density at radius 3 is 2.44 bits per heavy atom. The lowest BCUT2D eigenvalue weighted by Crippen LogP contribution is -2.46. The summed E-state index contributed by atoms with van der Waals surface area (Å²) in [4.78, 5) is 25.8. The van der Waals surface area contributed by atoms with Gasteiger partial charge in [-0.25, -0.2) is 8.42 Å². The van der Waals surface area contributed by atoms with Crippen molar-refractivity contribution in [3.05, 3.63) is 23.8 Å². The van der Waals surface area contributed by atoms with E-state index in [4.69, 9.17) is 0 Å². The molecule has 136 valence electrons. The molecule has 25 heavy (non-hydrogen) atoms. The van der Waals surface area contributed by atoms with E-state index in [0.29, 0.717) is 30.8 Å². The normalized spacial score (nSPS) is 21.0. The number of amides is 2. The number of anilines is 1. The van der Waals surface area contributed by atoms with Crippen molar-refractivity contribution in [2.24, 2.45) is 0 Å². The van der Waals surface area contributed by atoms with Gasteiger partial charge in [0.25, 0.3) is 0 Å². The Bertz CT molecular complexity index is 800. The molecule has 2 aliphatic heterocycles. The van der Waals surface area contributed by atoms with E-state index in [0.717, 1.165) is 19.3 Å². The Morgan fingerprint density at radius 2 is 1.84 bits per heavy atom. The first kappa shape index (κ1) is 17.9. The Labute approximate surface area is 148 Å². The molecule has 0 radical (unpaired) electrons. The standard InChI is InChI=1S/C17H23N3O4S/c1-12(21)20-15-7-6-14(10-13(15)11-16(20)17(22)18-2)25(23,24)19-8-4-3-5-9-19/h6-7,10,16H,3-5,8-9,11H2,1-2H3,(H,18,22). The molecule has 0 spiro atoms. The van der Waals surface area contributed by atoms with Crippen LogP contribution in [0.1, 0.15) is 31.7 Å². The van der Waals surface area contributed by atoms with Gasteiger partial charge in [0.05, 0.1) is 4.90 Å². The highest BCUT2D eigenvalue weighted by atomic mass is 32.2. The highest BCUT2D eigenvalue weighted by molar-refractivity contribution is 7.89. The van der Waals surface area contributed by atoms with Crippen LogP contribution in [0.3, 0.4) is 0 Å². The lowest BCUT2D eigenvalue weighted by Gasteiger charge is -2.26. The molecule has 1 saturated heterocycles. The topological polar surface area (TPSA) is 86.8 Å². The van der Waals surface area contributed by atoms with E-state index in [1.54, 1.807) is 12.1 Å². The molecule has 0 aliphatic carbocycles. The maximum absolute atomic E-state index is 12.8. The van der Waals surface area contributed by atoms with Crippen molar-refractivity contribution in [3.63, 3.8) is 0 Å². The molecule has 3 rings (SSSR count). The number of nitrogens with zero attached hydrogens (tertiary/aromatic N) is 2. The van der Waals surface area contributed by atoms with Gasteiger partial charge >= 0.3 is 0 Å². The maximum atomic E-state index is 12.8. The Balaban J connectivity index is 1.96. The summed E-state index contributed by atoms with van der Waals surface area (Å²) in [6, 6.07) is 4.14. The third-order valence-electron chi connectivity index (χ3n) is 4.88. The van der Waals surface area contributed by atoms with E-state index in [-0.39, 0.29) is 16.7 Å². The highest BCUT2D eigenvalue weighted by Gasteiger charge is 2.37. The van der Waals surface area contributed by atoms with Crippen LogP contribution in [0.25, 0.3) is 0 Å². The fourth-order valence-corrected chi connectivity index (χ4v) is 5.18. The minimum absolute atomic E-state index is 0.231. The summed E-state index contributed by atoms with van der Waals surface area (Å²) in [6.07, 6.45) is 3.12. The molecule has 0 aromatic heterocycles. The van der Waals surface area contributed by atoms with Crippen LogP contribution in [-0.2, 0) is 26.0 Å². The van der Waals surface area contributed by atoms with Gasteiger partial charge in [0, 0.05) is 39.2 Å². The van der Waals surface area contributed by atoms with Crippen LogP contribution in [0.15, 0.2) is 23.1 Å². The molecule has 2 aliphatic rings. The second kappa shape index (κ2) is 6.76. The van der Waals surface area contributed by atoms with E-state index >= 15 is 0 Å². The van der Waals surface area contributed by atoms with Crippen LogP contribution >= 0.6 is 0 Å². The number of benzene rings is 1. The number of hydrogen-bond donors (Lipinski definition) is 1.